The van der Waals surface area contributed by atoms with Gasteiger partial charge in [0.15, 0.2) is 0 Å². The third-order valence-corrected chi connectivity index (χ3v) is 3.00. The van der Waals surface area contributed by atoms with Gasteiger partial charge in [0.2, 0.25) is 0 Å². The molecule has 1 saturated carbocycles. The fourth-order valence-corrected chi connectivity index (χ4v) is 2.34. The smallest absolute Gasteiger partial charge is 0.0243 e. The van der Waals surface area contributed by atoms with Gasteiger partial charge >= 0.3 is 0 Å². The van der Waals surface area contributed by atoms with Crippen molar-refractivity contribution in [3.63, 3.8) is 0 Å². The summed E-state index contributed by atoms with van der Waals surface area (Å²) in [6.45, 7) is 1.29. The van der Waals surface area contributed by atoms with Crippen molar-refractivity contribution in [2.24, 2.45) is 5.92 Å². The second-order valence-electron chi connectivity index (χ2n) is 3.55. The second-order valence-corrected chi connectivity index (χ2v) is 3.55. The van der Waals surface area contributed by atoms with Crippen LogP contribution in [0, 0.1) is 5.92 Å². The zero-order valence-corrected chi connectivity index (χ0v) is 6.64. The minimum atomic E-state index is 0.856. The Hall–Kier alpha value is -0.0800. The second kappa shape index (κ2) is 2.51. The molecule has 2 nitrogen and oxygen atoms in total. The number of fused-ring (bicyclic) bond motifs is 3. The van der Waals surface area contributed by atoms with Crippen LogP contribution in [0.5, 0.6) is 0 Å². The first-order valence-corrected chi connectivity index (χ1v) is 4.34. The van der Waals surface area contributed by atoms with Crippen molar-refractivity contribution in [1.29, 1.82) is 0 Å². The quantitative estimate of drug-likeness (QED) is 0.584. The van der Waals surface area contributed by atoms with Gasteiger partial charge in [-0.1, -0.05) is 0 Å². The average Bonchev–Trinajstić information content (AvgIpc) is 2.06. The summed E-state index contributed by atoms with van der Waals surface area (Å²) in [5, 5.41) is 2.41. The molecule has 0 spiro atoms. The van der Waals surface area contributed by atoms with Crippen molar-refractivity contribution in [3.8, 4) is 0 Å². The molecular weight excluding hydrogens is 124 g/mol. The molecular formula is C8H16N2. The molecule has 1 aliphatic carbocycles. The predicted octanol–water partition coefficient (Wildman–Crippen LogP) is 0.995. The first-order chi connectivity index (χ1) is 4.90. The van der Waals surface area contributed by atoms with E-state index in [2.05, 4.69) is 10.4 Å². The monoisotopic (exact) mass is 140 g/mol. The van der Waals surface area contributed by atoms with Crippen molar-refractivity contribution in [2.45, 2.75) is 31.7 Å². The molecule has 3 aliphatic rings. The zero-order chi connectivity index (χ0) is 6.97. The van der Waals surface area contributed by atoms with Gasteiger partial charge in [-0.3, -0.25) is 5.43 Å². The van der Waals surface area contributed by atoms with Crippen molar-refractivity contribution >= 4 is 0 Å². The predicted molar refractivity (Wildman–Crippen MR) is 41.5 cm³/mol. The first kappa shape index (κ1) is 6.62. The molecule has 2 aliphatic heterocycles. The summed E-state index contributed by atoms with van der Waals surface area (Å²) in [5.74, 6) is 0.998. The fraction of sp³-hybridized carbons (Fsp3) is 1.00. The van der Waals surface area contributed by atoms with Crippen LogP contribution >= 0.6 is 0 Å². The van der Waals surface area contributed by atoms with Crippen molar-refractivity contribution < 1.29 is 0 Å². The summed E-state index contributed by atoms with van der Waals surface area (Å²) in [6.07, 6.45) is 5.79. The van der Waals surface area contributed by atoms with Crippen LogP contribution in [0.15, 0.2) is 0 Å². The van der Waals surface area contributed by atoms with Crippen LogP contribution in [0.1, 0.15) is 25.7 Å². The molecule has 2 heterocycles. The van der Waals surface area contributed by atoms with E-state index in [9.17, 15) is 0 Å². The van der Waals surface area contributed by atoms with Gasteiger partial charge in [-0.2, -0.15) is 0 Å². The lowest BCUT2D eigenvalue weighted by Crippen LogP contribution is -2.53. The lowest BCUT2D eigenvalue weighted by Gasteiger charge is -2.44. The van der Waals surface area contributed by atoms with E-state index in [-0.39, 0.29) is 0 Å². The largest absolute Gasteiger partial charge is 0.258 e. The highest BCUT2D eigenvalue weighted by atomic mass is 15.5. The van der Waals surface area contributed by atoms with Gasteiger partial charge in [0.25, 0.3) is 0 Å². The van der Waals surface area contributed by atoms with Gasteiger partial charge in [-0.25, -0.2) is 5.01 Å². The molecule has 58 valence electrons. The Morgan fingerprint density at radius 1 is 1.20 bits per heavy atom. The molecule has 2 heteroatoms. The van der Waals surface area contributed by atoms with Gasteiger partial charge < -0.3 is 0 Å². The van der Waals surface area contributed by atoms with Gasteiger partial charge in [0.1, 0.15) is 0 Å². The van der Waals surface area contributed by atoms with E-state index < -0.39 is 0 Å². The van der Waals surface area contributed by atoms with Crippen LogP contribution < -0.4 is 5.43 Å². The van der Waals surface area contributed by atoms with E-state index in [1.54, 1.807) is 0 Å². The Morgan fingerprint density at radius 2 is 1.90 bits per heavy atom. The molecule has 10 heavy (non-hydrogen) atoms. The van der Waals surface area contributed by atoms with Crippen LogP contribution in [0.25, 0.3) is 0 Å². The fourth-order valence-electron chi connectivity index (χ4n) is 2.34. The maximum Gasteiger partial charge on any atom is 0.0243 e. The van der Waals surface area contributed by atoms with Crippen molar-refractivity contribution in [3.05, 3.63) is 0 Å². The molecule has 2 bridgehead atoms. The molecule has 3 rings (SSSR count). The highest BCUT2D eigenvalue weighted by Gasteiger charge is 2.32. The van der Waals surface area contributed by atoms with Gasteiger partial charge in [0.05, 0.1) is 0 Å². The highest BCUT2D eigenvalue weighted by molar-refractivity contribution is 4.85. The number of nitrogens with one attached hydrogen (secondary N) is 1. The van der Waals surface area contributed by atoms with Gasteiger partial charge in [-0.05, 0) is 38.6 Å². The molecule has 2 saturated heterocycles. The zero-order valence-electron chi connectivity index (χ0n) is 6.64. The molecule has 0 aromatic carbocycles. The van der Waals surface area contributed by atoms with Crippen LogP contribution in [0.3, 0.4) is 0 Å². The summed E-state index contributed by atoms with van der Waals surface area (Å²) in [4.78, 5) is 0. The number of piperidine rings is 2. The maximum atomic E-state index is 3.27. The Balaban J connectivity index is 2.01. The van der Waals surface area contributed by atoms with E-state index >= 15 is 0 Å². The minimum absolute atomic E-state index is 0.856. The van der Waals surface area contributed by atoms with Crippen LogP contribution in [0.4, 0.5) is 0 Å². The Kier molecular flexibility index (Phi) is 1.66. The molecule has 0 radical (unpaired) electrons. The molecule has 3 fully saturated rings. The Labute approximate surface area is 62.6 Å². The van der Waals surface area contributed by atoms with Crippen molar-refractivity contribution in [2.75, 3.05) is 13.6 Å². The van der Waals surface area contributed by atoms with Crippen molar-refractivity contribution in [1.82, 2.24) is 10.4 Å². The lowest BCUT2D eigenvalue weighted by molar-refractivity contribution is 0.0143. The number of hydrogen-bond donors (Lipinski definition) is 1. The van der Waals surface area contributed by atoms with E-state index in [0.717, 1.165) is 12.0 Å². The topological polar surface area (TPSA) is 15.3 Å². The Morgan fingerprint density at radius 3 is 2.20 bits per heavy atom. The third kappa shape index (κ3) is 0.956. The highest BCUT2D eigenvalue weighted by Crippen LogP contribution is 2.33. The number of hydrazine groups is 1. The number of hydrogen-bond acceptors (Lipinski definition) is 2. The molecule has 0 atom stereocenters. The first-order valence-electron chi connectivity index (χ1n) is 4.34. The molecule has 0 aromatic rings. The van der Waals surface area contributed by atoms with E-state index in [0.29, 0.717) is 0 Å². The molecule has 0 amide bonds. The van der Waals surface area contributed by atoms with E-state index in [1.807, 2.05) is 7.05 Å². The number of nitrogens with zero attached hydrogens (tertiary/aromatic N) is 1. The molecule has 0 aromatic heterocycles. The van der Waals surface area contributed by atoms with Crippen LogP contribution in [-0.4, -0.2) is 24.6 Å². The third-order valence-electron chi connectivity index (χ3n) is 3.00. The molecule has 1 N–H and O–H groups in total. The van der Waals surface area contributed by atoms with Crippen LogP contribution in [-0.2, 0) is 0 Å². The van der Waals surface area contributed by atoms with E-state index in [4.69, 9.17) is 0 Å². The summed E-state index contributed by atoms with van der Waals surface area (Å²) in [6, 6.07) is 0.856. The summed E-state index contributed by atoms with van der Waals surface area (Å²) < 4.78 is 0. The van der Waals surface area contributed by atoms with Gasteiger partial charge in [-0.15, -0.1) is 0 Å². The lowest BCUT2D eigenvalue weighted by atomic mass is 9.81. The average molecular weight is 140 g/mol. The Bertz CT molecular complexity index is 116. The maximum absolute atomic E-state index is 3.27. The number of rotatable bonds is 1. The van der Waals surface area contributed by atoms with Gasteiger partial charge in [0, 0.05) is 12.6 Å². The summed E-state index contributed by atoms with van der Waals surface area (Å²) >= 11 is 0. The summed E-state index contributed by atoms with van der Waals surface area (Å²) in [5.41, 5.74) is 3.27. The summed E-state index contributed by atoms with van der Waals surface area (Å²) in [7, 11) is 2.04. The van der Waals surface area contributed by atoms with E-state index in [1.165, 1.54) is 32.2 Å². The molecule has 0 unspecified atom stereocenters. The SMILES string of the molecule is CNN1CC2CCC1CC2. The normalized spacial score (nSPS) is 40.5. The van der Waals surface area contributed by atoms with Crippen LogP contribution in [0.2, 0.25) is 0 Å². The standard InChI is InChI=1S/C8H16N2/c1-9-10-6-7-2-4-8(10)5-3-7/h7-9H,2-6H2,1H3. The minimum Gasteiger partial charge on any atom is -0.258 e.